The number of aromatic amines is 1. The Morgan fingerprint density at radius 3 is 2.84 bits per heavy atom. The molecule has 3 heterocycles. The van der Waals surface area contributed by atoms with Crippen LogP contribution < -0.4 is 5.73 Å². The lowest BCUT2D eigenvalue weighted by Gasteiger charge is -2.01. The molecule has 3 aromatic rings. The number of nitrogens with zero attached hydrogens (tertiary/aromatic N) is 3. The fourth-order valence-corrected chi connectivity index (χ4v) is 2.76. The minimum absolute atomic E-state index is 0.536. The summed E-state index contributed by atoms with van der Waals surface area (Å²) in [5, 5.41) is 7.49. The smallest absolute Gasteiger partial charge is 0.181 e. The number of rotatable bonds is 2. The number of aromatic nitrogens is 4. The van der Waals surface area contributed by atoms with Crippen molar-refractivity contribution in [2.45, 2.75) is 13.8 Å². The SMILES string of the molecule is Cc1ccnc(-c2sc(N)nc2-c2cn[nH]c2C)c1. The molecule has 3 N–H and O–H groups in total. The molecule has 5 nitrogen and oxygen atoms in total. The molecule has 0 aliphatic heterocycles. The Morgan fingerprint density at radius 2 is 2.16 bits per heavy atom. The van der Waals surface area contributed by atoms with Gasteiger partial charge in [-0.15, -0.1) is 0 Å². The first-order valence-corrected chi connectivity index (χ1v) is 6.66. The molecule has 0 fully saturated rings. The van der Waals surface area contributed by atoms with E-state index in [1.807, 2.05) is 26.0 Å². The zero-order chi connectivity index (χ0) is 13.4. The predicted molar refractivity (Wildman–Crippen MR) is 76.8 cm³/mol. The van der Waals surface area contributed by atoms with E-state index in [2.05, 4.69) is 20.2 Å². The lowest BCUT2D eigenvalue weighted by Crippen LogP contribution is -1.87. The molecule has 3 rings (SSSR count). The van der Waals surface area contributed by atoms with E-state index in [0.29, 0.717) is 5.13 Å². The topological polar surface area (TPSA) is 80.5 Å². The van der Waals surface area contributed by atoms with E-state index < -0.39 is 0 Å². The van der Waals surface area contributed by atoms with Crippen molar-refractivity contribution in [1.29, 1.82) is 0 Å². The van der Waals surface area contributed by atoms with Crippen LogP contribution >= 0.6 is 11.3 Å². The van der Waals surface area contributed by atoms with Crippen LogP contribution in [0.15, 0.2) is 24.5 Å². The van der Waals surface area contributed by atoms with Crippen LogP contribution in [-0.4, -0.2) is 20.2 Å². The Hall–Kier alpha value is -2.21. The molecule has 0 saturated heterocycles. The van der Waals surface area contributed by atoms with Gasteiger partial charge in [-0.2, -0.15) is 5.10 Å². The molecular weight excluding hydrogens is 258 g/mol. The molecule has 0 aromatic carbocycles. The average Bonchev–Trinajstić information content (AvgIpc) is 2.95. The van der Waals surface area contributed by atoms with E-state index in [1.165, 1.54) is 11.3 Å². The highest BCUT2D eigenvalue weighted by Crippen LogP contribution is 2.37. The summed E-state index contributed by atoms with van der Waals surface area (Å²) in [4.78, 5) is 9.80. The van der Waals surface area contributed by atoms with E-state index in [4.69, 9.17) is 5.73 Å². The minimum atomic E-state index is 0.536. The van der Waals surface area contributed by atoms with Crippen molar-refractivity contribution in [2.75, 3.05) is 5.73 Å². The van der Waals surface area contributed by atoms with Gasteiger partial charge in [-0.25, -0.2) is 4.98 Å². The largest absolute Gasteiger partial charge is 0.375 e. The number of nitrogens with two attached hydrogens (primary N) is 1. The fourth-order valence-electron chi connectivity index (χ4n) is 1.94. The van der Waals surface area contributed by atoms with Crippen molar-refractivity contribution in [3.05, 3.63) is 35.8 Å². The highest BCUT2D eigenvalue weighted by atomic mass is 32.1. The van der Waals surface area contributed by atoms with Gasteiger partial charge in [0.2, 0.25) is 0 Å². The maximum atomic E-state index is 5.86. The molecule has 96 valence electrons. The summed E-state index contributed by atoms with van der Waals surface area (Å²) in [5.41, 5.74) is 10.7. The Morgan fingerprint density at radius 1 is 1.32 bits per heavy atom. The van der Waals surface area contributed by atoms with E-state index in [1.54, 1.807) is 12.4 Å². The van der Waals surface area contributed by atoms with Gasteiger partial charge in [0.25, 0.3) is 0 Å². The van der Waals surface area contributed by atoms with Gasteiger partial charge >= 0.3 is 0 Å². The molecule has 19 heavy (non-hydrogen) atoms. The van der Waals surface area contributed by atoms with E-state index in [0.717, 1.165) is 33.1 Å². The summed E-state index contributed by atoms with van der Waals surface area (Å²) in [5.74, 6) is 0. The van der Waals surface area contributed by atoms with Crippen molar-refractivity contribution in [3.8, 4) is 21.8 Å². The van der Waals surface area contributed by atoms with Gasteiger partial charge in [0, 0.05) is 17.5 Å². The van der Waals surface area contributed by atoms with Crippen LogP contribution in [0.3, 0.4) is 0 Å². The summed E-state index contributed by atoms with van der Waals surface area (Å²) in [6, 6.07) is 4.00. The van der Waals surface area contributed by atoms with Crippen molar-refractivity contribution >= 4 is 16.5 Å². The maximum Gasteiger partial charge on any atom is 0.181 e. The minimum Gasteiger partial charge on any atom is -0.375 e. The van der Waals surface area contributed by atoms with Crippen LogP contribution in [0.2, 0.25) is 0 Å². The third kappa shape index (κ3) is 2.10. The van der Waals surface area contributed by atoms with E-state index in [-0.39, 0.29) is 0 Å². The lowest BCUT2D eigenvalue weighted by atomic mass is 10.1. The average molecular weight is 271 g/mol. The molecular formula is C13H13N5S. The summed E-state index contributed by atoms with van der Waals surface area (Å²) >= 11 is 1.45. The number of pyridine rings is 1. The number of anilines is 1. The first-order valence-electron chi connectivity index (χ1n) is 5.85. The van der Waals surface area contributed by atoms with Crippen LogP contribution in [-0.2, 0) is 0 Å². The van der Waals surface area contributed by atoms with Crippen molar-refractivity contribution in [1.82, 2.24) is 20.2 Å². The van der Waals surface area contributed by atoms with Crippen LogP contribution in [0.25, 0.3) is 21.8 Å². The molecule has 3 aromatic heterocycles. The zero-order valence-electron chi connectivity index (χ0n) is 10.6. The lowest BCUT2D eigenvalue weighted by molar-refractivity contribution is 1.05. The molecule has 0 bridgehead atoms. The summed E-state index contributed by atoms with van der Waals surface area (Å²) < 4.78 is 0. The maximum absolute atomic E-state index is 5.86. The number of aryl methyl sites for hydroxylation is 2. The second kappa shape index (κ2) is 4.47. The van der Waals surface area contributed by atoms with Crippen LogP contribution in [0.1, 0.15) is 11.3 Å². The van der Waals surface area contributed by atoms with Crippen molar-refractivity contribution in [2.24, 2.45) is 0 Å². The number of nitrogens with one attached hydrogen (secondary N) is 1. The first-order chi connectivity index (χ1) is 9.15. The van der Waals surface area contributed by atoms with Gasteiger partial charge in [-0.1, -0.05) is 11.3 Å². The number of nitrogen functional groups attached to an aromatic ring is 1. The number of thiazole rings is 1. The number of hydrogen-bond donors (Lipinski definition) is 2. The Labute approximate surface area is 114 Å². The first kappa shape index (κ1) is 11.9. The monoisotopic (exact) mass is 271 g/mol. The third-order valence-electron chi connectivity index (χ3n) is 2.88. The highest BCUT2D eigenvalue weighted by molar-refractivity contribution is 7.19. The second-order valence-corrected chi connectivity index (χ2v) is 5.39. The Bertz CT molecular complexity index is 728. The Kier molecular flexibility index (Phi) is 2.79. The summed E-state index contributed by atoms with van der Waals surface area (Å²) in [7, 11) is 0. The molecule has 0 saturated carbocycles. The van der Waals surface area contributed by atoms with Crippen molar-refractivity contribution < 1.29 is 0 Å². The number of H-pyrrole nitrogens is 1. The predicted octanol–water partition coefficient (Wildman–Crippen LogP) is 2.79. The van der Waals surface area contributed by atoms with Gasteiger partial charge < -0.3 is 5.73 Å². The molecule has 0 spiro atoms. The van der Waals surface area contributed by atoms with Gasteiger partial charge in [-0.05, 0) is 31.5 Å². The fraction of sp³-hybridized carbons (Fsp3) is 0.154. The van der Waals surface area contributed by atoms with Gasteiger partial charge in [0.15, 0.2) is 5.13 Å². The normalized spacial score (nSPS) is 10.8. The van der Waals surface area contributed by atoms with Gasteiger partial charge in [0.05, 0.1) is 22.5 Å². The van der Waals surface area contributed by atoms with E-state index >= 15 is 0 Å². The zero-order valence-corrected chi connectivity index (χ0v) is 11.5. The van der Waals surface area contributed by atoms with Crippen LogP contribution in [0, 0.1) is 13.8 Å². The van der Waals surface area contributed by atoms with Crippen molar-refractivity contribution in [3.63, 3.8) is 0 Å². The molecule has 0 unspecified atom stereocenters. The standard InChI is InChI=1S/C13H13N5S/c1-7-3-4-15-10(5-7)12-11(17-13(14)19-12)9-6-16-18-8(9)2/h3-6H,1-2H3,(H2,14,17)(H,16,18). The molecule has 0 radical (unpaired) electrons. The summed E-state index contributed by atoms with van der Waals surface area (Å²) in [6.45, 7) is 4.00. The third-order valence-corrected chi connectivity index (χ3v) is 3.78. The quantitative estimate of drug-likeness (QED) is 0.751. The van der Waals surface area contributed by atoms with Crippen LogP contribution in [0.4, 0.5) is 5.13 Å². The Balaban J connectivity index is 2.20. The highest BCUT2D eigenvalue weighted by Gasteiger charge is 2.17. The molecule has 6 heteroatoms. The molecule has 0 amide bonds. The van der Waals surface area contributed by atoms with E-state index in [9.17, 15) is 0 Å². The second-order valence-electron chi connectivity index (χ2n) is 4.36. The van der Waals surface area contributed by atoms with Crippen LogP contribution in [0.5, 0.6) is 0 Å². The van der Waals surface area contributed by atoms with Gasteiger partial charge in [-0.3, -0.25) is 10.1 Å². The summed E-state index contributed by atoms with van der Waals surface area (Å²) in [6.07, 6.45) is 3.57. The van der Waals surface area contributed by atoms with Gasteiger partial charge in [0.1, 0.15) is 0 Å². The number of hydrogen-bond acceptors (Lipinski definition) is 5. The molecule has 0 aliphatic rings. The molecule has 0 aliphatic carbocycles. The molecule has 0 atom stereocenters.